The molecule has 1 saturated heterocycles. The molecule has 4 rings (SSSR count). The molecule has 0 aliphatic carbocycles. The third kappa shape index (κ3) is 5.44. The number of anilines is 1. The lowest BCUT2D eigenvalue weighted by atomic mass is 10.1. The quantitative estimate of drug-likeness (QED) is 0.367. The largest absolute Gasteiger partial charge is 0.493 e. The minimum absolute atomic E-state index is 0.150. The van der Waals surface area contributed by atoms with E-state index < -0.39 is 23.8 Å². The van der Waals surface area contributed by atoms with Crippen molar-refractivity contribution in [2.24, 2.45) is 0 Å². The first-order chi connectivity index (χ1) is 17.4. The third-order valence-electron chi connectivity index (χ3n) is 5.29. The molecule has 2 N–H and O–H groups in total. The molecule has 10 nitrogen and oxygen atoms in total. The van der Waals surface area contributed by atoms with Gasteiger partial charge in [0.15, 0.2) is 18.1 Å². The van der Waals surface area contributed by atoms with E-state index in [1.807, 2.05) is 19.1 Å². The van der Waals surface area contributed by atoms with Gasteiger partial charge in [-0.1, -0.05) is 29.8 Å². The molecule has 10 heteroatoms. The molecule has 0 saturated carbocycles. The fraction of sp³-hybridized carbons (Fsp3) is 0.154. The van der Waals surface area contributed by atoms with Crippen LogP contribution in [0.25, 0.3) is 6.08 Å². The van der Waals surface area contributed by atoms with Crippen molar-refractivity contribution in [1.82, 2.24) is 10.2 Å². The molecule has 184 valence electrons. The van der Waals surface area contributed by atoms with Crippen molar-refractivity contribution in [2.45, 2.75) is 13.5 Å². The molecule has 2 aromatic carbocycles. The highest BCUT2D eigenvalue weighted by molar-refractivity contribution is 6.31. The smallest absolute Gasteiger partial charge is 0.331 e. The molecular formula is C26H23N3O7. The fourth-order valence-corrected chi connectivity index (χ4v) is 3.48. The highest BCUT2D eigenvalue weighted by atomic mass is 16.5. The lowest BCUT2D eigenvalue weighted by molar-refractivity contribution is -0.130. The summed E-state index contributed by atoms with van der Waals surface area (Å²) in [5, 5.41) is 4.89. The van der Waals surface area contributed by atoms with Gasteiger partial charge in [-0.2, -0.15) is 0 Å². The number of benzene rings is 2. The Hall–Kier alpha value is -4.86. The van der Waals surface area contributed by atoms with Gasteiger partial charge in [-0.25, -0.2) is 4.79 Å². The fourth-order valence-electron chi connectivity index (χ4n) is 3.48. The minimum atomic E-state index is -0.855. The highest BCUT2D eigenvalue weighted by Gasteiger charge is 2.36. The van der Waals surface area contributed by atoms with Crippen LogP contribution in [0.4, 0.5) is 10.5 Å². The Bertz CT molecular complexity index is 1330. The van der Waals surface area contributed by atoms with E-state index in [0.29, 0.717) is 22.8 Å². The molecule has 1 aliphatic heterocycles. The zero-order chi connectivity index (χ0) is 25.7. The van der Waals surface area contributed by atoms with Crippen LogP contribution in [0.3, 0.4) is 0 Å². The molecular weight excluding hydrogens is 466 g/mol. The maximum absolute atomic E-state index is 13.0. The number of amides is 5. The van der Waals surface area contributed by atoms with Crippen LogP contribution in [0, 0.1) is 6.92 Å². The van der Waals surface area contributed by atoms with Crippen molar-refractivity contribution in [2.75, 3.05) is 19.0 Å². The average molecular weight is 489 g/mol. The van der Waals surface area contributed by atoms with Crippen LogP contribution in [0.5, 0.6) is 11.5 Å². The second kappa shape index (κ2) is 10.6. The molecule has 0 radical (unpaired) electrons. The van der Waals surface area contributed by atoms with Crippen LogP contribution in [-0.4, -0.2) is 42.4 Å². The Labute approximate surface area is 206 Å². The predicted molar refractivity (Wildman–Crippen MR) is 129 cm³/mol. The number of rotatable bonds is 8. The maximum atomic E-state index is 13.0. The summed E-state index contributed by atoms with van der Waals surface area (Å²) in [4.78, 5) is 51.1. The van der Waals surface area contributed by atoms with Gasteiger partial charge in [0.05, 0.1) is 19.9 Å². The summed E-state index contributed by atoms with van der Waals surface area (Å²) in [5.41, 5.74) is 1.69. The molecule has 2 heterocycles. The van der Waals surface area contributed by atoms with E-state index in [0.717, 1.165) is 10.5 Å². The number of nitrogens with one attached hydrogen (secondary N) is 2. The first-order valence-corrected chi connectivity index (χ1v) is 10.9. The van der Waals surface area contributed by atoms with Gasteiger partial charge in [-0.05, 0) is 43.3 Å². The summed E-state index contributed by atoms with van der Waals surface area (Å²) < 4.78 is 16.3. The van der Waals surface area contributed by atoms with E-state index in [9.17, 15) is 19.2 Å². The summed E-state index contributed by atoms with van der Waals surface area (Å²) in [5.74, 6) is -1.25. The van der Waals surface area contributed by atoms with Gasteiger partial charge in [-0.15, -0.1) is 0 Å². The van der Waals surface area contributed by atoms with Crippen molar-refractivity contribution >= 4 is 35.5 Å². The van der Waals surface area contributed by atoms with Crippen molar-refractivity contribution < 1.29 is 33.1 Å². The Balaban J connectivity index is 1.56. The van der Waals surface area contributed by atoms with Gasteiger partial charge in [-0.3, -0.25) is 24.6 Å². The number of carbonyl (C=O) groups excluding carboxylic acids is 4. The van der Waals surface area contributed by atoms with Crippen molar-refractivity contribution in [3.8, 4) is 11.5 Å². The monoisotopic (exact) mass is 489 g/mol. The Morgan fingerprint density at radius 2 is 1.86 bits per heavy atom. The summed E-state index contributed by atoms with van der Waals surface area (Å²) in [7, 11) is 1.42. The summed E-state index contributed by atoms with van der Waals surface area (Å²) in [6.07, 6.45) is 2.70. The number of nitrogens with zero attached hydrogens (tertiary/aromatic N) is 1. The molecule has 36 heavy (non-hydrogen) atoms. The standard InChI is InChI=1S/C26H23N3O7/c1-16-8-10-18(11-9-16)27-22(30)15-36-23-17(5-3-7-21(23)34-2)13-20-24(31)28-26(33)29(25(20)32)14-19-6-4-12-35-19/h3-13H,14-15H2,1-2H3,(H,27,30)(H,28,31,33). The number of hydrogen-bond donors (Lipinski definition) is 2. The molecule has 1 aromatic heterocycles. The Morgan fingerprint density at radius 1 is 1.08 bits per heavy atom. The maximum Gasteiger partial charge on any atom is 0.331 e. The van der Waals surface area contributed by atoms with E-state index in [-0.39, 0.29) is 24.5 Å². The first-order valence-electron chi connectivity index (χ1n) is 10.9. The number of furan rings is 1. The molecule has 0 atom stereocenters. The minimum Gasteiger partial charge on any atom is -0.493 e. The molecule has 0 spiro atoms. The van der Waals surface area contributed by atoms with Gasteiger partial charge >= 0.3 is 6.03 Å². The van der Waals surface area contributed by atoms with Crippen LogP contribution < -0.4 is 20.1 Å². The molecule has 3 aromatic rings. The summed E-state index contributed by atoms with van der Waals surface area (Å²) in [6.45, 7) is 1.44. The number of aryl methyl sites for hydroxylation is 1. The van der Waals surface area contributed by atoms with Gasteiger partial charge in [0.2, 0.25) is 0 Å². The lowest BCUT2D eigenvalue weighted by Gasteiger charge is -2.25. The number of imide groups is 2. The third-order valence-corrected chi connectivity index (χ3v) is 5.29. The topological polar surface area (TPSA) is 127 Å². The van der Waals surface area contributed by atoms with Crippen LogP contribution in [0.15, 0.2) is 70.9 Å². The SMILES string of the molecule is COc1cccc(C=C2C(=O)NC(=O)N(Cc3ccco3)C2=O)c1OCC(=O)Nc1ccc(C)cc1. The van der Waals surface area contributed by atoms with Gasteiger partial charge in [0, 0.05) is 11.3 Å². The summed E-state index contributed by atoms with van der Waals surface area (Å²) >= 11 is 0. The molecule has 0 unspecified atom stereocenters. The number of carbonyl (C=O) groups is 4. The van der Waals surface area contributed by atoms with E-state index in [1.165, 1.54) is 19.4 Å². The van der Waals surface area contributed by atoms with E-state index in [1.54, 1.807) is 42.5 Å². The van der Waals surface area contributed by atoms with Gasteiger partial charge in [0.25, 0.3) is 17.7 Å². The molecule has 5 amide bonds. The van der Waals surface area contributed by atoms with Crippen molar-refractivity contribution in [1.29, 1.82) is 0 Å². The normalized spacial score (nSPS) is 14.6. The van der Waals surface area contributed by atoms with Crippen LogP contribution in [-0.2, 0) is 20.9 Å². The molecule has 1 aliphatic rings. The Morgan fingerprint density at radius 3 is 2.56 bits per heavy atom. The van der Waals surface area contributed by atoms with Crippen molar-refractivity contribution in [3.63, 3.8) is 0 Å². The highest BCUT2D eigenvalue weighted by Crippen LogP contribution is 2.33. The second-order valence-electron chi connectivity index (χ2n) is 7.87. The van der Waals surface area contributed by atoms with E-state index in [2.05, 4.69) is 10.6 Å². The predicted octanol–water partition coefficient (Wildman–Crippen LogP) is 3.28. The number of urea groups is 1. The van der Waals surface area contributed by atoms with E-state index >= 15 is 0 Å². The number of methoxy groups -OCH3 is 1. The first kappa shape index (κ1) is 24.3. The number of para-hydroxylation sites is 1. The Kier molecular flexibility index (Phi) is 7.15. The number of hydrogen-bond acceptors (Lipinski definition) is 7. The average Bonchev–Trinajstić information content (AvgIpc) is 3.38. The summed E-state index contributed by atoms with van der Waals surface area (Å²) in [6, 6.07) is 14.5. The lowest BCUT2D eigenvalue weighted by Crippen LogP contribution is -2.53. The van der Waals surface area contributed by atoms with E-state index in [4.69, 9.17) is 13.9 Å². The number of ether oxygens (including phenoxy) is 2. The van der Waals surface area contributed by atoms with Gasteiger partial charge < -0.3 is 19.2 Å². The van der Waals surface area contributed by atoms with Crippen LogP contribution in [0.2, 0.25) is 0 Å². The number of barbiturate groups is 1. The second-order valence-corrected chi connectivity index (χ2v) is 7.87. The molecule has 0 bridgehead atoms. The van der Waals surface area contributed by atoms with Crippen LogP contribution in [0.1, 0.15) is 16.9 Å². The molecule has 1 fully saturated rings. The van der Waals surface area contributed by atoms with Gasteiger partial charge in [0.1, 0.15) is 11.3 Å². The van der Waals surface area contributed by atoms with Crippen molar-refractivity contribution in [3.05, 3.63) is 83.3 Å². The zero-order valence-electron chi connectivity index (χ0n) is 19.6. The van der Waals surface area contributed by atoms with Crippen LogP contribution >= 0.6 is 0 Å². The zero-order valence-corrected chi connectivity index (χ0v) is 19.6.